The number of para-hydroxylation sites is 1. The van der Waals surface area contributed by atoms with Gasteiger partial charge in [0.1, 0.15) is 25.3 Å². The molecule has 1 unspecified atom stereocenters. The third-order valence-corrected chi connectivity index (χ3v) is 9.27. The first-order chi connectivity index (χ1) is 19.6. The van der Waals surface area contributed by atoms with Crippen LogP contribution in [0.4, 0.5) is 0 Å². The Morgan fingerprint density at radius 1 is 0.634 bits per heavy atom. The number of aryl methyl sites for hydroxylation is 3. The van der Waals surface area contributed by atoms with E-state index in [1.807, 2.05) is 6.07 Å². The van der Waals surface area contributed by atoms with Crippen molar-refractivity contribution in [3.63, 3.8) is 0 Å². The van der Waals surface area contributed by atoms with E-state index in [-0.39, 0.29) is 10.8 Å². The zero-order chi connectivity index (χ0) is 28.9. The Morgan fingerprint density at radius 3 is 2.12 bits per heavy atom. The van der Waals surface area contributed by atoms with Crippen molar-refractivity contribution in [3.05, 3.63) is 143 Å². The quantitative estimate of drug-likeness (QED) is 0.198. The van der Waals surface area contributed by atoms with Gasteiger partial charge < -0.3 is 4.42 Å². The van der Waals surface area contributed by atoms with E-state index in [2.05, 4.69) is 155 Å². The van der Waals surface area contributed by atoms with Gasteiger partial charge in [-0.2, -0.15) is 0 Å². The van der Waals surface area contributed by atoms with Crippen molar-refractivity contribution in [3.8, 4) is 0 Å². The van der Waals surface area contributed by atoms with Crippen molar-refractivity contribution in [1.82, 2.24) is 0 Å². The van der Waals surface area contributed by atoms with Crippen LogP contribution in [-0.4, -0.2) is 0 Å². The molecule has 0 aliphatic carbocycles. The van der Waals surface area contributed by atoms with Crippen molar-refractivity contribution in [2.24, 2.45) is 14.1 Å². The Labute approximate surface area is 243 Å². The molecule has 0 saturated carbocycles. The second kappa shape index (κ2) is 9.99. The number of aromatic nitrogens is 2. The van der Waals surface area contributed by atoms with E-state index < -0.39 is 0 Å². The molecule has 0 bridgehead atoms. The first kappa shape index (κ1) is 27.0. The minimum atomic E-state index is -0.296. The van der Waals surface area contributed by atoms with Gasteiger partial charge >= 0.3 is 0 Å². The first-order valence-electron chi connectivity index (χ1n) is 14.5. The maximum atomic E-state index is 6.26. The number of furan rings is 1. The lowest BCUT2D eigenvalue weighted by atomic mass is 9.72. The summed E-state index contributed by atoms with van der Waals surface area (Å²) in [6, 6.07) is 35.1. The summed E-state index contributed by atoms with van der Waals surface area (Å²) in [5, 5.41) is 2.33. The van der Waals surface area contributed by atoms with Crippen molar-refractivity contribution < 1.29 is 13.6 Å². The number of fused-ring (bicyclic) bond motifs is 3. The van der Waals surface area contributed by atoms with Gasteiger partial charge in [0.2, 0.25) is 0 Å². The largest absolute Gasteiger partial charge is 0.456 e. The van der Waals surface area contributed by atoms with Gasteiger partial charge in [-0.25, -0.2) is 9.13 Å². The molecule has 3 heteroatoms. The van der Waals surface area contributed by atoms with E-state index in [1.165, 1.54) is 44.7 Å². The van der Waals surface area contributed by atoms with Crippen molar-refractivity contribution >= 4 is 21.9 Å². The zero-order valence-corrected chi connectivity index (χ0v) is 25.3. The third kappa shape index (κ3) is 4.44. The van der Waals surface area contributed by atoms with Gasteiger partial charge in [-0.3, -0.25) is 0 Å². The van der Waals surface area contributed by atoms with Crippen LogP contribution in [0.3, 0.4) is 0 Å². The van der Waals surface area contributed by atoms with Crippen LogP contribution in [0, 0.1) is 13.8 Å². The molecule has 41 heavy (non-hydrogen) atoms. The molecule has 0 N–H and O–H groups in total. The molecule has 6 aromatic rings. The lowest BCUT2D eigenvalue weighted by Crippen LogP contribution is -2.49. The first-order valence-corrected chi connectivity index (χ1v) is 14.5. The van der Waals surface area contributed by atoms with Gasteiger partial charge in [-0.15, -0.1) is 0 Å². The average Bonchev–Trinajstić information content (AvgIpc) is 3.31. The van der Waals surface area contributed by atoms with Gasteiger partial charge in [0.15, 0.2) is 23.3 Å². The van der Waals surface area contributed by atoms with Gasteiger partial charge in [0.05, 0.1) is 17.3 Å². The maximum absolute atomic E-state index is 6.26. The second-order valence-corrected chi connectivity index (χ2v) is 12.4. The van der Waals surface area contributed by atoms with Crippen LogP contribution >= 0.6 is 0 Å². The number of hydrogen-bond donors (Lipinski definition) is 0. The Balaban J connectivity index is 1.55. The topological polar surface area (TPSA) is 20.9 Å². The van der Waals surface area contributed by atoms with Crippen LogP contribution in [0.5, 0.6) is 0 Å². The molecule has 0 aliphatic heterocycles. The molecule has 206 valence electrons. The smallest absolute Gasteiger partial charge is 0.192 e. The number of rotatable bonds is 6. The fourth-order valence-electron chi connectivity index (χ4n) is 7.10. The molecule has 0 aliphatic rings. The summed E-state index contributed by atoms with van der Waals surface area (Å²) in [7, 11) is 4.39. The molecular formula is C38H40N2O+2. The monoisotopic (exact) mass is 540 g/mol. The van der Waals surface area contributed by atoms with E-state index in [9.17, 15) is 0 Å². The highest BCUT2D eigenvalue weighted by Gasteiger charge is 2.41. The number of pyridine rings is 2. The van der Waals surface area contributed by atoms with E-state index in [0.29, 0.717) is 0 Å². The standard InChI is InChI=1S/C38H40N2O/c1-26-15-8-10-18-31(26)37(3,4)35-21-14-16-28(40(35)7)25-38(5,36-20-12-13-22-39(36)6)32-24-30-29-17-9-11-19-33(29)41-34(30)23-27(32)2/h8-24H,25H2,1-7H3/q+2. The third-order valence-electron chi connectivity index (χ3n) is 9.27. The van der Waals surface area contributed by atoms with Gasteiger partial charge in [0.25, 0.3) is 0 Å². The van der Waals surface area contributed by atoms with Crippen LogP contribution in [0.1, 0.15) is 60.1 Å². The van der Waals surface area contributed by atoms with E-state index >= 15 is 0 Å². The number of benzene rings is 3. The van der Waals surface area contributed by atoms with Crippen LogP contribution in [-0.2, 0) is 31.3 Å². The van der Waals surface area contributed by atoms with Crippen LogP contribution < -0.4 is 9.13 Å². The molecule has 3 aromatic carbocycles. The normalized spacial score (nSPS) is 13.5. The molecule has 0 amide bonds. The lowest BCUT2D eigenvalue weighted by molar-refractivity contribution is -0.692. The SMILES string of the molecule is Cc1ccccc1C(C)(C)c1cccc(CC(C)(c2cc3c(cc2C)oc2ccccc23)c2cccc[n+]2C)[n+]1C. The highest BCUT2D eigenvalue weighted by Crippen LogP contribution is 2.40. The highest BCUT2D eigenvalue weighted by atomic mass is 16.3. The maximum Gasteiger partial charge on any atom is 0.192 e. The average molecular weight is 541 g/mol. The van der Waals surface area contributed by atoms with E-state index in [1.54, 1.807) is 0 Å². The van der Waals surface area contributed by atoms with Crippen molar-refractivity contribution in [2.45, 2.75) is 51.9 Å². The Morgan fingerprint density at radius 2 is 1.34 bits per heavy atom. The van der Waals surface area contributed by atoms with Gasteiger partial charge in [-0.1, -0.05) is 48.5 Å². The summed E-state index contributed by atoms with van der Waals surface area (Å²) in [4.78, 5) is 0. The fraction of sp³-hybridized carbons (Fsp3) is 0.263. The summed E-state index contributed by atoms with van der Waals surface area (Å²) in [5.41, 5.74) is 10.6. The van der Waals surface area contributed by atoms with E-state index in [4.69, 9.17) is 4.42 Å². The predicted octanol–water partition coefficient (Wildman–Crippen LogP) is 7.73. The Hall–Kier alpha value is -4.24. The molecule has 6 rings (SSSR count). The molecular weight excluding hydrogens is 500 g/mol. The summed E-state index contributed by atoms with van der Waals surface area (Å²) >= 11 is 0. The lowest BCUT2D eigenvalue weighted by Gasteiger charge is -2.30. The summed E-state index contributed by atoms with van der Waals surface area (Å²) in [6.45, 7) is 11.5. The van der Waals surface area contributed by atoms with Gasteiger partial charge in [-0.05, 0) is 81.1 Å². The molecule has 0 saturated heterocycles. The molecule has 0 spiro atoms. The molecule has 3 aromatic heterocycles. The summed E-state index contributed by atoms with van der Waals surface area (Å²) in [5.74, 6) is 0. The second-order valence-electron chi connectivity index (χ2n) is 12.4. The molecule has 3 nitrogen and oxygen atoms in total. The van der Waals surface area contributed by atoms with Crippen molar-refractivity contribution in [2.75, 3.05) is 0 Å². The minimum Gasteiger partial charge on any atom is -0.456 e. The molecule has 0 radical (unpaired) electrons. The molecule has 1 atom stereocenters. The minimum absolute atomic E-state index is 0.144. The summed E-state index contributed by atoms with van der Waals surface area (Å²) < 4.78 is 11.0. The van der Waals surface area contributed by atoms with Crippen LogP contribution in [0.2, 0.25) is 0 Å². The predicted molar refractivity (Wildman–Crippen MR) is 167 cm³/mol. The molecule has 3 heterocycles. The fourth-order valence-corrected chi connectivity index (χ4v) is 7.10. The van der Waals surface area contributed by atoms with Crippen molar-refractivity contribution in [1.29, 1.82) is 0 Å². The van der Waals surface area contributed by atoms with E-state index in [0.717, 1.165) is 23.0 Å². The number of nitrogens with zero attached hydrogens (tertiary/aromatic N) is 2. The Kier molecular flexibility index (Phi) is 6.57. The van der Waals surface area contributed by atoms with Crippen LogP contribution in [0.15, 0.2) is 108 Å². The Bertz CT molecular complexity index is 1910. The van der Waals surface area contributed by atoms with Crippen LogP contribution in [0.25, 0.3) is 21.9 Å². The molecule has 0 fully saturated rings. The highest BCUT2D eigenvalue weighted by molar-refractivity contribution is 6.05. The number of hydrogen-bond acceptors (Lipinski definition) is 1. The van der Waals surface area contributed by atoms with Gasteiger partial charge in [0, 0.05) is 35.0 Å². The summed E-state index contributed by atoms with van der Waals surface area (Å²) in [6.07, 6.45) is 3.01. The zero-order valence-electron chi connectivity index (χ0n) is 25.3.